The van der Waals surface area contributed by atoms with Gasteiger partial charge < -0.3 is 11.1 Å². The van der Waals surface area contributed by atoms with Crippen LogP contribution in [0.2, 0.25) is 0 Å². The van der Waals surface area contributed by atoms with Crippen LogP contribution in [0.4, 0.5) is 5.69 Å². The number of likely N-dealkylation sites (N-methyl/N-ethyl adjacent to an activating group) is 1. The van der Waals surface area contributed by atoms with Gasteiger partial charge in [0.15, 0.2) is 0 Å². The third kappa shape index (κ3) is 3.35. The van der Waals surface area contributed by atoms with Gasteiger partial charge in [0.05, 0.1) is 11.7 Å². The molecule has 1 aliphatic carbocycles. The zero-order valence-electron chi connectivity index (χ0n) is 11.9. The molecule has 1 saturated carbocycles. The molecule has 0 spiro atoms. The second kappa shape index (κ2) is 6.33. The number of thiocarbonyl (C=S) groups is 1. The molecule has 1 aromatic carbocycles. The van der Waals surface area contributed by atoms with Gasteiger partial charge in [0.1, 0.15) is 4.99 Å². The monoisotopic (exact) mass is 291 g/mol. The molecule has 1 aliphatic rings. The number of amides is 1. The highest BCUT2D eigenvalue weighted by Crippen LogP contribution is 2.28. The maximum atomic E-state index is 12.4. The van der Waals surface area contributed by atoms with Gasteiger partial charge in [-0.05, 0) is 38.4 Å². The number of anilines is 1. The first-order valence-electron chi connectivity index (χ1n) is 7.00. The summed E-state index contributed by atoms with van der Waals surface area (Å²) < 4.78 is 0. The van der Waals surface area contributed by atoms with Gasteiger partial charge in [-0.25, -0.2) is 0 Å². The third-order valence-corrected chi connectivity index (χ3v) is 3.93. The summed E-state index contributed by atoms with van der Waals surface area (Å²) in [6.45, 7) is 4.92. The molecule has 0 aliphatic heterocycles. The lowest BCUT2D eigenvalue weighted by Gasteiger charge is -2.27. The number of para-hydroxylation sites is 1. The van der Waals surface area contributed by atoms with Crippen molar-refractivity contribution in [3.8, 4) is 0 Å². The lowest BCUT2D eigenvalue weighted by molar-refractivity contribution is -0.120. The number of nitrogens with two attached hydrogens (primary N) is 1. The molecule has 1 aromatic rings. The Hall–Kier alpha value is -1.46. The van der Waals surface area contributed by atoms with E-state index in [1.165, 1.54) is 12.8 Å². The van der Waals surface area contributed by atoms with Crippen LogP contribution in [0, 0.1) is 0 Å². The smallest absolute Gasteiger partial charge is 0.241 e. The Labute approximate surface area is 125 Å². The maximum absolute atomic E-state index is 12.4. The molecule has 1 fully saturated rings. The van der Waals surface area contributed by atoms with E-state index >= 15 is 0 Å². The number of nitrogens with zero attached hydrogens (tertiary/aromatic N) is 1. The van der Waals surface area contributed by atoms with Crippen molar-refractivity contribution in [3.63, 3.8) is 0 Å². The molecule has 3 N–H and O–H groups in total. The molecule has 1 amide bonds. The van der Waals surface area contributed by atoms with Crippen molar-refractivity contribution in [2.24, 2.45) is 5.73 Å². The van der Waals surface area contributed by atoms with Crippen LogP contribution >= 0.6 is 12.2 Å². The number of nitrogens with one attached hydrogen (secondary N) is 1. The predicted octanol–water partition coefficient (Wildman–Crippen LogP) is 2.13. The van der Waals surface area contributed by atoms with Crippen molar-refractivity contribution in [2.45, 2.75) is 38.8 Å². The van der Waals surface area contributed by atoms with Crippen molar-refractivity contribution in [1.29, 1.82) is 0 Å². The Morgan fingerprint density at radius 3 is 2.70 bits per heavy atom. The number of rotatable bonds is 6. The van der Waals surface area contributed by atoms with Crippen LogP contribution < -0.4 is 11.1 Å². The Bertz CT molecular complexity index is 514. The van der Waals surface area contributed by atoms with E-state index in [4.69, 9.17) is 18.0 Å². The average Bonchev–Trinajstić information content (AvgIpc) is 3.24. The molecule has 5 heteroatoms. The van der Waals surface area contributed by atoms with Crippen LogP contribution in [-0.4, -0.2) is 34.4 Å². The Morgan fingerprint density at radius 1 is 1.50 bits per heavy atom. The molecule has 0 saturated heterocycles. The summed E-state index contributed by atoms with van der Waals surface area (Å²) in [5.74, 6) is -0.0116. The van der Waals surface area contributed by atoms with E-state index in [1.807, 2.05) is 31.2 Å². The fourth-order valence-electron chi connectivity index (χ4n) is 2.45. The van der Waals surface area contributed by atoms with Gasteiger partial charge in [0, 0.05) is 11.6 Å². The lowest BCUT2D eigenvalue weighted by Crippen LogP contribution is -2.43. The normalized spacial score (nSPS) is 15.9. The van der Waals surface area contributed by atoms with Gasteiger partial charge in [-0.2, -0.15) is 0 Å². The summed E-state index contributed by atoms with van der Waals surface area (Å²) in [5.41, 5.74) is 7.07. The number of benzene rings is 1. The van der Waals surface area contributed by atoms with Crippen LogP contribution in [0.3, 0.4) is 0 Å². The molecule has 0 aromatic heterocycles. The van der Waals surface area contributed by atoms with E-state index in [-0.39, 0.29) is 11.9 Å². The van der Waals surface area contributed by atoms with Crippen LogP contribution in [0.5, 0.6) is 0 Å². The Kier molecular flexibility index (Phi) is 4.73. The van der Waals surface area contributed by atoms with E-state index in [9.17, 15) is 4.79 Å². The van der Waals surface area contributed by atoms with Gasteiger partial charge in [-0.3, -0.25) is 9.69 Å². The lowest BCUT2D eigenvalue weighted by atomic mass is 10.1. The van der Waals surface area contributed by atoms with E-state index in [2.05, 4.69) is 17.1 Å². The molecule has 20 heavy (non-hydrogen) atoms. The van der Waals surface area contributed by atoms with E-state index < -0.39 is 0 Å². The minimum Gasteiger partial charge on any atom is -0.389 e. The Morgan fingerprint density at radius 2 is 2.15 bits per heavy atom. The average molecular weight is 291 g/mol. The van der Waals surface area contributed by atoms with Crippen molar-refractivity contribution in [2.75, 3.05) is 11.9 Å². The molecule has 0 heterocycles. The number of hydrogen-bond donors (Lipinski definition) is 2. The van der Waals surface area contributed by atoms with Crippen molar-refractivity contribution >= 4 is 28.8 Å². The van der Waals surface area contributed by atoms with Gasteiger partial charge in [0.2, 0.25) is 5.91 Å². The number of carbonyl (C=O) groups excluding carboxylic acids is 1. The summed E-state index contributed by atoms with van der Waals surface area (Å²) in [5, 5.41) is 2.94. The molecule has 4 nitrogen and oxygen atoms in total. The van der Waals surface area contributed by atoms with Gasteiger partial charge in [0.25, 0.3) is 0 Å². The summed E-state index contributed by atoms with van der Waals surface area (Å²) >= 11 is 5.01. The summed E-state index contributed by atoms with van der Waals surface area (Å²) in [4.78, 5) is 14.9. The third-order valence-electron chi connectivity index (χ3n) is 3.71. The van der Waals surface area contributed by atoms with Crippen LogP contribution in [-0.2, 0) is 4.79 Å². The molecule has 1 atom stereocenters. The summed E-state index contributed by atoms with van der Waals surface area (Å²) in [6.07, 6.45) is 2.38. The van der Waals surface area contributed by atoms with E-state index in [0.29, 0.717) is 22.3 Å². The van der Waals surface area contributed by atoms with E-state index in [0.717, 1.165) is 6.54 Å². The topological polar surface area (TPSA) is 58.4 Å². The standard InChI is InChI=1S/C15H21N3OS/c1-3-18(11-8-9-11)10(2)15(19)17-13-7-5-4-6-12(13)14(16)20/h4-7,10-11H,3,8-9H2,1-2H3,(H2,16,20)(H,17,19). The van der Waals surface area contributed by atoms with Gasteiger partial charge in [-0.15, -0.1) is 0 Å². The van der Waals surface area contributed by atoms with Crippen LogP contribution in [0.25, 0.3) is 0 Å². The maximum Gasteiger partial charge on any atom is 0.241 e. The first-order valence-corrected chi connectivity index (χ1v) is 7.40. The summed E-state index contributed by atoms with van der Waals surface area (Å²) in [7, 11) is 0. The second-order valence-corrected chi connectivity index (χ2v) is 5.58. The highest BCUT2D eigenvalue weighted by atomic mass is 32.1. The number of hydrogen-bond acceptors (Lipinski definition) is 3. The highest BCUT2D eigenvalue weighted by molar-refractivity contribution is 7.80. The first kappa shape index (κ1) is 14.9. The molecular formula is C15H21N3OS. The van der Waals surface area contributed by atoms with E-state index in [1.54, 1.807) is 0 Å². The summed E-state index contributed by atoms with van der Waals surface area (Å²) in [6, 6.07) is 7.78. The zero-order valence-corrected chi connectivity index (χ0v) is 12.7. The molecule has 2 rings (SSSR count). The molecular weight excluding hydrogens is 270 g/mol. The molecule has 1 unspecified atom stereocenters. The Balaban J connectivity index is 2.09. The quantitative estimate of drug-likeness (QED) is 0.788. The largest absolute Gasteiger partial charge is 0.389 e. The number of carbonyl (C=O) groups is 1. The first-order chi connectivity index (χ1) is 9.54. The minimum atomic E-state index is -0.146. The zero-order chi connectivity index (χ0) is 14.7. The highest BCUT2D eigenvalue weighted by Gasteiger charge is 2.33. The SMILES string of the molecule is CCN(C1CC1)C(C)C(=O)Nc1ccccc1C(N)=S. The van der Waals surface area contributed by atoms with Crippen molar-refractivity contribution < 1.29 is 4.79 Å². The van der Waals surface area contributed by atoms with Crippen molar-refractivity contribution in [3.05, 3.63) is 29.8 Å². The fraction of sp³-hybridized carbons (Fsp3) is 0.467. The van der Waals surface area contributed by atoms with Gasteiger partial charge >= 0.3 is 0 Å². The van der Waals surface area contributed by atoms with Crippen molar-refractivity contribution in [1.82, 2.24) is 4.90 Å². The fourth-order valence-corrected chi connectivity index (χ4v) is 2.63. The second-order valence-electron chi connectivity index (χ2n) is 5.14. The van der Waals surface area contributed by atoms with Gasteiger partial charge in [-0.1, -0.05) is 31.3 Å². The predicted molar refractivity (Wildman–Crippen MR) is 85.8 cm³/mol. The molecule has 0 radical (unpaired) electrons. The molecule has 108 valence electrons. The van der Waals surface area contributed by atoms with Crippen LogP contribution in [0.1, 0.15) is 32.3 Å². The molecule has 0 bridgehead atoms. The van der Waals surface area contributed by atoms with Crippen LogP contribution in [0.15, 0.2) is 24.3 Å². The minimum absolute atomic E-state index is 0.0116.